The molecule has 0 radical (unpaired) electrons. The second kappa shape index (κ2) is 11.5. The Hall–Kier alpha value is -2.92. The highest BCUT2D eigenvalue weighted by atomic mass is 35.5. The lowest BCUT2D eigenvalue weighted by atomic mass is 9.94. The van der Waals surface area contributed by atoms with E-state index >= 15 is 0 Å². The number of amides is 1. The molecule has 2 aliphatic rings. The van der Waals surface area contributed by atoms with Gasteiger partial charge >= 0.3 is 0 Å². The zero-order valence-electron chi connectivity index (χ0n) is 23.0. The van der Waals surface area contributed by atoms with E-state index < -0.39 is 15.6 Å². The van der Waals surface area contributed by atoms with Gasteiger partial charge < -0.3 is 14.6 Å². The van der Waals surface area contributed by atoms with Gasteiger partial charge in [-0.1, -0.05) is 66.0 Å². The molecule has 1 aromatic heterocycles. The lowest BCUT2D eigenvalue weighted by Crippen LogP contribution is -2.54. The first-order valence-electron chi connectivity index (χ1n) is 13.5. The van der Waals surface area contributed by atoms with Crippen molar-refractivity contribution in [3.8, 4) is 11.1 Å². The molecule has 0 saturated heterocycles. The molecule has 40 heavy (non-hydrogen) atoms. The molecule has 2 fully saturated rings. The van der Waals surface area contributed by atoms with Crippen molar-refractivity contribution in [1.82, 2.24) is 15.4 Å². The highest BCUT2D eigenvalue weighted by Gasteiger charge is 2.42. The molecule has 0 aliphatic heterocycles. The summed E-state index contributed by atoms with van der Waals surface area (Å²) in [4.78, 5) is 15.3. The van der Waals surface area contributed by atoms with Gasteiger partial charge in [0.05, 0.1) is 23.1 Å². The second-order valence-electron chi connectivity index (χ2n) is 10.8. The minimum atomic E-state index is -4.05. The summed E-state index contributed by atoms with van der Waals surface area (Å²) in [5, 5.41) is 6.99. The second-order valence-corrected chi connectivity index (χ2v) is 12.8. The maximum absolute atomic E-state index is 13.5. The van der Waals surface area contributed by atoms with Crippen molar-refractivity contribution in [2.45, 2.75) is 75.1 Å². The van der Waals surface area contributed by atoms with Crippen molar-refractivity contribution >= 4 is 33.3 Å². The summed E-state index contributed by atoms with van der Waals surface area (Å²) >= 11 is 6.17. The number of halogens is 1. The van der Waals surface area contributed by atoms with Gasteiger partial charge in [0.25, 0.3) is 10.0 Å². The first-order valence-corrected chi connectivity index (χ1v) is 15.4. The molecule has 5 rings (SSSR count). The van der Waals surface area contributed by atoms with E-state index in [1.807, 2.05) is 37.2 Å². The van der Waals surface area contributed by atoms with Gasteiger partial charge in [-0.05, 0) is 69.5 Å². The molecule has 0 bridgehead atoms. The fourth-order valence-electron chi connectivity index (χ4n) is 5.30. The summed E-state index contributed by atoms with van der Waals surface area (Å²) < 4.78 is 40.5. The molecule has 0 atom stereocenters. The number of rotatable bonds is 11. The number of likely N-dealkylation sites (N-methyl/N-ethyl adjacent to an activating group) is 1. The van der Waals surface area contributed by atoms with Crippen LogP contribution >= 0.6 is 11.6 Å². The molecule has 0 spiro atoms. The fourth-order valence-corrected chi connectivity index (χ4v) is 6.70. The van der Waals surface area contributed by atoms with E-state index in [2.05, 4.69) is 15.2 Å². The van der Waals surface area contributed by atoms with Crippen molar-refractivity contribution in [1.29, 1.82) is 0 Å². The summed E-state index contributed by atoms with van der Waals surface area (Å²) in [5.41, 5.74) is 2.55. The topological polar surface area (TPSA) is 114 Å². The summed E-state index contributed by atoms with van der Waals surface area (Å²) in [6.45, 7) is 2.31. The molecule has 11 heteroatoms. The molecule has 3 aromatic rings. The van der Waals surface area contributed by atoms with E-state index in [1.54, 1.807) is 31.2 Å². The predicted octanol–water partition coefficient (Wildman–Crippen LogP) is 5.27. The van der Waals surface area contributed by atoms with Gasteiger partial charge in [-0.3, -0.25) is 14.4 Å². The quantitative estimate of drug-likeness (QED) is 0.314. The van der Waals surface area contributed by atoms with Gasteiger partial charge in [-0.25, -0.2) is 8.42 Å². The van der Waals surface area contributed by atoms with Crippen LogP contribution in [0.25, 0.3) is 11.1 Å². The highest BCUT2D eigenvalue weighted by molar-refractivity contribution is 7.92. The number of hydrogen-bond donors (Lipinski definition) is 2. The molecule has 2 saturated carbocycles. The van der Waals surface area contributed by atoms with E-state index in [1.165, 1.54) is 0 Å². The Kier molecular flexibility index (Phi) is 8.24. The maximum Gasteiger partial charge on any atom is 0.263 e. The number of hydrogen-bond acceptors (Lipinski definition) is 7. The Labute approximate surface area is 240 Å². The van der Waals surface area contributed by atoms with Crippen LogP contribution in [0.5, 0.6) is 0 Å². The van der Waals surface area contributed by atoms with Crippen molar-refractivity contribution in [2.75, 3.05) is 18.8 Å². The highest BCUT2D eigenvalue weighted by Crippen LogP contribution is 2.36. The lowest BCUT2D eigenvalue weighted by Gasteiger charge is -2.34. The van der Waals surface area contributed by atoms with Crippen LogP contribution in [0.3, 0.4) is 0 Å². The number of ether oxygens (including phenoxy) is 1. The number of aryl methyl sites for hydroxylation is 1. The minimum absolute atomic E-state index is 0.0409. The molecule has 2 aromatic carbocycles. The number of nitrogens with one attached hydrogen (secondary N) is 2. The Balaban J connectivity index is 1.43. The number of benzene rings is 2. The average molecular weight is 587 g/mol. The summed E-state index contributed by atoms with van der Waals surface area (Å²) in [6, 6.07) is 12.6. The Bertz CT molecular complexity index is 1490. The van der Waals surface area contributed by atoms with Gasteiger partial charge in [0.15, 0.2) is 5.76 Å². The molecule has 1 heterocycles. The summed E-state index contributed by atoms with van der Waals surface area (Å²) in [6.07, 6.45) is 6.05. The summed E-state index contributed by atoms with van der Waals surface area (Å²) in [5.74, 6) is 0.300. The number of carbonyl (C=O) groups excluding carboxylic acids is 1. The van der Waals surface area contributed by atoms with Crippen LogP contribution in [-0.2, 0) is 32.7 Å². The smallest absolute Gasteiger partial charge is 0.263 e. The molecule has 214 valence electrons. The maximum atomic E-state index is 13.5. The minimum Gasteiger partial charge on any atom is -0.374 e. The number of aromatic nitrogens is 1. The van der Waals surface area contributed by atoms with E-state index in [0.29, 0.717) is 24.5 Å². The number of anilines is 1. The van der Waals surface area contributed by atoms with Gasteiger partial charge in [-0.15, -0.1) is 0 Å². The third kappa shape index (κ3) is 5.90. The molecule has 1 amide bonds. The van der Waals surface area contributed by atoms with E-state index in [0.717, 1.165) is 55.2 Å². The Morgan fingerprint density at radius 3 is 2.52 bits per heavy atom. The molecular formula is C29H35ClN4O5S. The van der Waals surface area contributed by atoms with Gasteiger partial charge in [0.2, 0.25) is 11.7 Å². The zero-order valence-corrected chi connectivity index (χ0v) is 24.6. The largest absolute Gasteiger partial charge is 0.374 e. The van der Waals surface area contributed by atoms with Gasteiger partial charge in [0, 0.05) is 12.1 Å². The molecule has 0 unspecified atom stereocenters. The van der Waals surface area contributed by atoms with Crippen LogP contribution in [0.2, 0.25) is 5.02 Å². The van der Waals surface area contributed by atoms with Gasteiger partial charge in [0.1, 0.15) is 5.02 Å². The van der Waals surface area contributed by atoms with Crippen LogP contribution in [0.1, 0.15) is 55.4 Å². The van der Waals surface area contributed by atoms with Crippen LogP contribution in [0, 0.1) is 6.92 Å². The first kappa shape index (κ1) is 28.6. The number of sulfonamides is 1. The molecular weight excluding hydrogens is 552 g/mol. The van der Waals surface area contributed by atoms with Crippen LogP contribution in [0.15, 0.2) is 51.9 Å². The molecule has 2 aliphatic carbocycles. The Morgan fingerprint density at radius 1 is 1.15 bits per heavy atom. The Morgan fingerprint density at radius 2 is 1.88 bits per heavy atom. The van der Waals surface area contributed by atoms with E-state index in [9.17, 15) is 13.2 Å². The summed E-state index contributed by atoms with van der Waals surface area (Å²) in [7, 11) is -0.126. The average Bonchev–Trinajstić information content (AvgIpc) is 3.54. The fraction of sp³-hybridized carbons (Fsp3) is 0.448. The lowest BCUT2D eigenvalue weighted by molar-refractivity contribution is -0.132. The van der Waals surface area contributed by atoms with Crippen LogP contribution in [-0.4, -0.2) is 50.1 Å². The van der Waals surface area contributed by atoms with Crippen molar-refractivity contribution in [2.24, 2.45) is 0 Å². The zero-order chi connectivity index (χ0) is 28.5. The van der Waals surface area contributed by atoms with Gasteiger partial charge in [-0.2, -0.15) is 0 Å². The van der Waals surface area contributed by atoms with Crippen LogP contribution < -0.4 is 10.0 Å². The van der Waals surface area contributed by atoms with Crippen molar-refractivity contribution in [3.05, 3.63) is 64.4 Å². The first-order chi connectivity index (χ1) is 19.1. The molecule has 9 nitrogen and oxygen atoms in total. The molecule has 2 N–H and O–H groups in total. The number of carbonyl (C=O) groups is 1. The SMILES string of the molecule is Cc1onc(NS(=O)(=O)c2ccccc2-c2ccc(CNC(=O)C3(N(C)C)CCCC3)cc2COC2CC2)c1Cl. The van der Waals surface area contributed by atoms with Crippen molar-refractivity contribution < 1.29 is 22.5 Å². The van der Waals surface area contributed by atoms with Crippen LogP contribution in [0.4, 0.5) is 5.82 Å². The number of nitrogens with zero attached hydrogens (tertiary/aromatic N) is 2. The van der Waals surface area contributed by atoms with Crippen molar-refractivity contribution in [3.63, 3.8) is 0 Å². The van der Waals surface area contributed by atoms with E-state index in [4.69, 9.17) is 20.9 Å². The predicted molar refractivity (Wildman–Crippen MR) is 153 cm³/mol. The third-order valence-electron chi connectivity index (χ3n) is 7.82. The third-order valence-corrected chi connectivity index (χ3v) is 9.66. The monoisotopic (exact) mass is 586 g/mol. The normalized spacial score (nSPS) is 16.8. The standard InChI is InChI=1S/C29H35ClN4O5S/c1-19-26(30)27(32-39-19)33-40(36,37)25-9-5-4-8-24(25)23-13-10-20(16-21(23)18-38-22-11-12-22)17-31-28(35)29(34(2)3)14-6-7-15-29/h4-5,8-10,13,16,22H,6-7,11-12,14-15,17-18H2,1-3H3,(H,31,35)(H,32,33). The van der Waals surface area contributed by atoms with E-state index in [-0.39, 0.29) is 27.7 Å².